The fourth-order valence-electron chi connectivity index (χ4n) is 5.76. The summed E-state index contributed by atoms with van der Waals surface area (Å²) in [5.41, 5.74) is 1.91. The van der Waals surface area contributed by atoms with Crippen molar-refractivity contribution in [3.63, 3.8) is 0 Å². The lowest BCUT2D eigenvalue weighted by atomic mass is 9.81. The number of hydrogen-bond acceptors (Lipinski definition) is 5. The highest BCUT2D eigenvalue weighted by Gasteiger charge is 2.47. The molecule has 37 heavy (non-hydrogen) atoms. The first-order chi connectivity index (χ1) is 17.3. The van der Waals surface area contributed by atoms with Gasteiger partial charge in [-0.25, -0.2) is 25.6 Å². The van der Waals surface area contributed by atoms with Crippen LogP contribution in [-0.2, 0) is 25.5 Å². The molecule has 1 saturated heterocycles. The average Bonchev–Trinajstić information content (AvgIpc) is 3.43. The van der Waals surface area contributed by atoms with E-state index in [0.717, 1.165) is 41.8 Å². The van der Waals surface area contributed by atoms with E-state index in [0.29, 0.717) is 17.9 Å². The Bertz CT molecular complexity index is 1440. The Labute approximate surface area is 215 Å². The number of alkyl halides is 2. The zero-order valence-electron chi connectivity index (χ0n) is 20.4. The highest BCUT2D eigenvalue weighted by molar-refractivity contribution is 7.92. The molecule has 1 saturated carbocycles. The van der Waals surface area contributed by atoms with Gasteiger partial charge in [0.05, 0.1) is 11.2 Å². The van der Waals surface area contributed by atoms with Crippen molar-refractivity contribution in [1.29, 1.82) is 0 Å². The fourth-order valence-corrected chi connectivity index (χ4v) is 7.80. The Morgan fingerprint density at radius 1 is 0.946 bits per heavy atom. The summed E-state index contributed by atoms with van der Waals surface area (Å²) in [6, 6.07) is 10.8. The van der Waals surface area contributed by atoms with Gasteiger partial charge in [0.1, 0.15) is 0 Å². The van der Waals surface area contributed by atoms with E-state index >= 15 is 0 Å². The van der Waals surface area contributed by atoms with Crippen molar-refractivity contribution in [2.24, 2.45) is 0 Å². The summed E-state index contributed by atoms with van der Waals surface area (Å²) in [7, 11) is -7.50. The summed E-state index contributed by atoms with van der Waals surface area (Å²) in [5, 5.41) is 0. The van der Waals surface area contributed by atoms with Crippen LogP contribution in [0.5, 0.6) is 0 Å². The molecule has 200 valence electrons. The SMILES string of the molecule is CS(=O)(=O)Nc1ccc2c(c1)C1(CCCC1)CN2C(=O)c1cccc(S(=O)(=O)N2CCC(F)(F)CC2)c1. The van der Waals surface area contributed by atoms with E-state index in [9.17, 15) is 30.4 Å². The van der Waals surface area contributed by atoms with Crippen molar-refractivity contribution >= 4 is 37.3 Å². The lowest BCUT2D eigenvalue weighted by Crippen LogP contribution is -2.42. The van der Waals surface area contributed by atoms with Gasteiger partial charge in [0.2, 0.25) is 20.0 Å². The van der Waals surface area contributed by atoms with Crippen molar-refractivity contribution in [2.45, 2.75) is 54.8 Å². The zero-order chi connectivity index (χ0) is 26.6. The van der Waals surface area contributed by atoms with Crippen LogP contribution in [0.2, 0.25) is 0 Å². The van der Waals surface area contributed by atoms with Crippen LogP contribution in [-0.4, -0.2) is 58.9 Å². The minimum absolute atomic E-state index is 0.105. The molecule has 2 heterocycles. The van der Waals surface area contributed by atoms with E-state index in [2.05, 4.69) is 4.72 Å². The Morgan fingerprint density at radius 2 is 1.62 bits per heavy atom. The number of rotatable bonds is 5. The molecule has 12 heteroatoms. The number of piperidine rings is 1. The number of benzene rings is 2. The first-order valence-corrected chi connectivity index (χ1v) is 15.6. The van der Waals surface area contributed by atoms with Crippen molar-refractivity contribution in [2.75, 3.05) is 35.5 Å². The second-order valence-corrected chi connectivity index (χ2v) is 14.0. The van der Waals surface area contributed by atoms with Gasteiger partial charge in [0.15, 0.2) is 0 Å². The molecule has 2 fully saturated rings. The Morgan fingerprint density at radius 3 is 2.27 bits per heavy atom. The van der Waals surface area contributed by atoms with E-state index in [1.165, 1.54) is 18.2 Å². The number of carbonyl (C=O) groups excluding carboxylic acids is 1. The zero-order valence-corrected chi connectivity index (χ0v) is 22.0. The topological polar surface area (TPSA) is 104 Å². The van der Waals surface area contributed by atoms with Gasteiger partial charge in [0.25, 0.3) is 11.8 Å². The normalized spacial score (nSPS) is 21.2. The maximum atomic E-state index is 13.7. The van der Waals surface area contributed by atoms with E-state index in [1.807, 2.05) is 0 Å². The van der Waals surface area contributed by atoms with Crippen LogP contribution in [0.4, 0.5) is 20.2 Å². The summed E-state index contributed by atoms with van der Waals surface area (Å²) in [6.07, 6.45) is 3.72. The maximum absolute atomic E-state index is 13.7. The number of carbonyl (C=O) groups is 1. The summed E-state index contributed by atoms with van der Waals surface area (Å²) in [4.78, 5) is 15.2. The van der Waals surface area contributed by atoms with Crippen LogP contribution >= 0.6 is 0 Å². The number of nitrogens with one attached hydrogen (secondary N) is 1. The van der Waals surface area contributed by atoms with Crippen molar-refractivity contribution in [3.8, 4) is 0 Å². The van der Waals surface area contributed by atoms with Crippen molar-refractivity contribution in [1.82, 2.24) is 4.31 Å². The third-order valence-corrected chi connectivity index (χ3v) is 10.1. The molecule has 0 radical (unpaired) electrons. The molecular formula is C25H29F2N3O5S2. The molecular weight excluding hydrogens is 524 g/mol. The molecule has 1 N–H and O–H groups in total. The summed E-state index contributed by atoms with van der Waals surface area (Å²) < 4.78 is 80.5. The van der Waals surface area contributed by atoms with Crippen LogP contribution in [0.25, 0.3) is 0 Å². The molecule has 0 aromatic heterocycles. The standard InChI is InChI=1S/C25H29F2N3O5S2/c1-36(32,33)28-19-7-8-22-21(16-19)24(9-2-3-10-24)17-30(22)23(31)18-5-4-6-20(15-18)37(34,35)29-13-11-25(26,27)12-14-29/h4-8,15-16,28H,2-3,9-14,17H2,1H3. The second-order valence-electron chi connectivity index (χ2n) is 10.3. The fraction of sp³-hybridized carbons (Fsp3) is 0.480. The second kappa shape index (κ2) is 9.02. The molecule has 2 aromatic rings. The van der Waals surface area contributed by atoms with Gasteiger partial charge in [-0.05, 0) is 54.8 Å². The molecule has 3 aliphatic rings. The van der Waals surface area contributed by atoms with Crippen LogP contribution in [0.15, 0.2) is 47.4 Å². The quantitative estimate of drug-likeness (QED) is 0.604. The van der Waals surface area contributed by atoms with Gasteiger partial charge in [-0.2, -0.15) is 4.31 Å². The van der Waals surface area contributed by atoms with E-state index < -0.39 is 38.8 Å². The van der Waals surface area contributed by atoms with Gasteiger partial charge in [0, 0.05) is 54.8 Å². The Balaban J connectivity index is 1.46. The minimum atomic E-state index is -4.03. The number of amides is 1. The smallest absolute Gasteiger partial charge is 0.258 e. The van der Waals surface area contributed by atoms with Crippen molar-refractivity contribution in [3.05, 3.63) is 53.6 Å². The third-order valence-electron chi connectivity index (χ3n) is 7.60. The van der Waals surface area contributed by atoms with E-state index in [-0.39, 0.29) is 34.9 Å². The van der Waals surface area contributed by atoms with Crippen LogP contribution in [0, 0.1) is 0 Å². The Hall–Kier alpha value is -2.57. The third kappa shape index (κ3) is 4.98. The van der Waals surface area contributed by atoms with Gasteiger partial charge in [-0.15, -0.1) is 0 Å². The maximum Gasteiger partial charge on any atom is 0.258 e. The number of hydrogen-bond donors (Lipinski definition) is 1. The lowest BCUT2D eigenvalue weighted by molar-refractivity contribution is -0.0412. The number of nitrogens with zero attached hydrogens (tertiary/aromatic N) is 2. The van der Waals surface area contributed by atoms with E-state index in [1.54, 1.807) is 29.2 Å². The molecule has 2 aromatic carbocycles. The number of fused-ring (bicyclic) bond motifs is 2. The molecule has 0 unspecified atom stereocenters. The van der Waals surface area contributed by atoms with Crippen LogP contribution < -0.4 is 9.62 Å². The van der Waals surface area contributed by atoms with Gasteiger partial charge >= 0.3 is 0 Å². The molecule has 1 spiro atoms. The molecule has 8 nitrogen and oxygen atoms in total. The van der Waals surface area contributed by atoms with Crippen LogP contribution in [0.1, 0.15) is 54.4 Å². The highest BCUT2D eigenvalue weighted by atomic mass is 32.2. The monoisotopic (exact) mass is 553 g/mol. The predicted octanol–water partition coefficient (Wildman–Crippen LogP) is 3.95. The number of halogens is 2. The summed E-state index contributed by atoms with van der Waals surface area (Å²) in [6.45, 7) is -0.138. The molecule has 1 aliphatic carbocycles. The van der Waals surface area contributed by atoms with Gasteiger partial charge < -0.3 is 4.90 Å². The minimum Gasteiger partial charge on any atom is -0.307 e. The van der Waals surface area contributed by atoms with Gasteiger partial charge in [-0.3, -0.25) is 9.52 Å². The molecule has 5 rings (SSSR count). The molecule has 0 atom stereocenters. The predicted molar refractivity (Wildman–Crippen MR) is 136 cm³/mol. The summed E-state index contributed by atoms with van der Waals surface area (Å²) >= 11 is 0. The van der Waals surface area contributed by atoms with E-state index in [4.69, 9.17) is 0 Å². The lowest BCUT2D eigenvalue weighted by Gasteiger charge is -2.31. The summed E-state index contributed by atoms with van der Waals surface area (Å²) in [5.74, 6) is -3.24. The Kier molecular flexibility index (Phi) is 6.35. The number of anilines is 2. The first kappa shape index (κ1) is 26.1. The number of sulfonamides is 2. The van der Waals surface area contributed by atoms with Gasteiger partial charge in [-0.1, -0.05) is 18.9 Å². The molecule has 1 amide bonds. The highest BCUT2D eigenvalue weighted by Crippen LogP contribution is 2.51. The van der Waals surface area contributed by atoms with Crippen molar-refractivity contribution < 1.29 is 30.4 Å². The molecule has 2 aliphatic heterocycles. The first-order valence-electron chi connectivity index (χ1n) is 12.2. The largest absolute Gasteiger partial charge is 0.307 e. The average molecular weight is 554 g/mol. The molecule has 0 bridgehead atoms. The van der Waals surface area contributed by atoms with Crippen LogP contribution in [0.3, 0.4) is 0 Å².